The first kappa shape index (κ1) is 13.3. The summed E-state index contributed by atoms with van der Waals surface area (Å²) in [4.78, 5) is 21.5. The molecule has 0 aromatic heterocycles. The number of hydrogen-bond acceptors (Lipinski definition) is 4. The zero-order valence-corrected chi connectivity index (χ0v) is 11.5. The van der Waals surface area contributed by atoms with Crippen molar-refractivity contribution >= 4 is 50.9 Å². The average Bonchev–Trinajstić information content (AvgIpc) is 2.11. The number of methoxy groups -OCH3 is 2. The summed E-state index contributed by atoms with van der Waals surface area (Å²) in [5, 5.41) is 0. The molecule has 13 heavy (non-hydrogen) atoms. The average molecular weight is 335 g/mol. The first-order chi connectivity index (χ1) is 6.02. The van der Waals surface area contributed by atoms with Gasteiger partial charge in [-0.15, -0.1) is 0 Å². The van der Waals surface area contributed by atoms with E-state index in [1.807, 2.05) is 0 Å². The van der Waals surface area contributed by atoms with E-state index in [9.17, 15) is 9.59 Å². The molecular formula is C6H9Cl2O4Sn. The molecule has 0 unspecified atom stereocenters. The fourth-order valence-corrected chi connectivity index (χ4v) is 6.44. The van der Waals surface area contributed by atoms with Crippen LogP contribution in [0.15, 0.2) is 0 Å². The second-order valence-electron chi connectivity index (χ2n) is 2.06. The number of ether oxygens (including phenoxy) is 2. The Balaban J connectivity index is 4.36. The van der Waals surface area contributed by atoms with E-state index < -0.39 is 32.6 Å². The third kappa shape index (κ3) is 4.93. The van der Waals surface area contributed by atoms with E-state index in [0.717, 1.165) is 0 Å². The van der Waals surface area contributed by atoms with Crippen LogP contribution in [0.1, 0.15) is 0 Å². The van der Waals surface area contributed by atoms with Crippen LogP contribution in [0.4, 0.5) is 9.59 Å². The van der Waals surface area contributed by atoms with Gasteiger partial charge in [0.15, 0.2) is 0 Å². The molecule has 0 amide bonds. The molecule has 7 heteroatoms. The van der Waals surface area contributed by atoms with Crippen molar-refractivity contribution < 1.29 is 19.1 Å². The number of hydrogen-bond donors (Lipinski definition) is 0. The van der Waals surface area contributed by atoms with E-state index >= 15 is 0 Å². The van der Waals surface area contributed by atoms with Gasteiger partial charge in [0.2, 0.25) is 0 Å². The second-order valence-corrected chi connectivity index (χ2v) is 9.56. The van der Waals surface area contributed by atoms with E-state index in [1.54, 1.807) is 0 Å². The van der Waals surface area contributed by atoms with E-state index in [-0.39, 0.29) is 4.44 Å². The molecule has 0 aliphatic heterocycles. The number of carbonyl (C=O) groups is 2. The van der Waals surface area contributed by atoms with Crippen molar-refractivity contribution in [1.29, 1.82) is 0 Å². The van der Waals surface area contributed by atoms with Gasteiger partial charge in [-0.05, 0) is 0 Å². The van der Waals surface area contributed by atoms with Crippen molar-refractivity contribution in [3.63, 3.8) is 0 Å². The standard InChI is InChI=1S/C2H3Cl2.2C2H3O2.Sn/c1-2(3)4;2*1-4-2-3;/h2H,1H2;2*1H3;. The third-order valence-corrected chi connectivity index (χ3v) is 9.32. The van der Waals surface area contributed by atoms with Crippen molar-refractivity contribution in [2.75, 3.05) is 14.2 Å². The molecule has 0 aromatic carbocycles. The van der Waals surface area contributed by atoms with Crippen LogP contribution >= 0.6 is 23.2 Å². The van der Waals surface area contributed by atoms with Crippen molar-refractivity contribution in [3.8, 4) is 0 Å². The number of carbonyl (C=O) groups excluding carboxylic acids is 2. The van der Waals surface area contributed by atoms with Crippen molar-refractivity contribution in [1.82, 2.24) is 0 Å². The van der Waals surface area contributed by atoms with Gasteiger partial charge < -0.3 is 0 Å². The first-order valence-corrected chi connectivity index (χ1v) is 9.08. The minimum atomic E-state index is -3.06. The molecule has 0 saturated carbocycles. The van der Waals surface area contributed by atoms with Crippen molar-refractivity contribution in [3.05, 3.63) is 0 Å². The molecule has 0 rings (SSSR count). The third-order valence-electron chi connectivity index (χ3n) is 1.22. The van der Waals surface area contributed by atoms with Crippen LogP contribution in [0.3, 0.4) is 0 Å². The molecular weight excluding hydrogens is 326 g/mol. The zero-order valence-electron chi connectivity index (χ0n) is 7.17. The molecule has 0 aromatic rings. The molecule has 0 aliphatic rings. The Bertz CT molecular complexity index is 181. The fourth-order valence-electron chi connectivity index (χ4n) is 0.651. The topological polar surface area (TPSA) is 52.6 Å². The summed E-state index contributed by atoms with van der Waals surface area (Å²) in [6.07, 6.45) is 0. The van der Waals surface area contributed by atoms with E-state index in [1.165, 1.54) is 14.2 Å². The summed E-state index contributed by atoms with van der Waals surface area (Å²) in [7, 11) is 2.45. The van der Waals surface area contributed by atoms with Gasteiger partial charge in [0.05, 0.1) is 0 Å². The van der Waals surface area contributed by atoms with Crippen LogP contribution in [0.25, 0.3) is 0 Å². The Morgan fingerprint density at radius 1 is 1.23 bits per heavy atom. The van der Waals surface area contributed by atoms with Crippen LogP contribution in [-0.2, 0) is 9.47 Å². The molecule has 0 saturated heterocycles. The molecule has 1 radical (unpaired) electrons. The molecule has 0 spiro atoms. The first-order valence-electron chi connectivity index (χ1n) is 3.33. The van der Waals surface area contributed by atoms with Gasteiger partial charge in [-0.3, -0.25) is 0 Å². The van der Waals surface area contributed by atoms with Gasteiger partial charge >= 0.3 is 93.5 Å². The van der Waals surface area contributed by atoms with Gasteiger partial charge in [-0.2, -0.15) is 0 Å². The zero-order chi connectivity index (χ0) is 10.4. The van der Waals surface area contributed by atoms with Crippen LogP contribution in [0.5, 0.6) is 0 Å². The van der Waals surface area contributed by atoms with Gasteiger partial charge in [-0.1, -0.05) is 0 Å². The molecule has 4 nitrogen and oxygen atoms in total. The Morgan fingerprint density at radius 3 is 1.85 bits per heavy atom. The SMILES string of the molecule is CO[C](=O)[Sn]([CH2]C(Cl)Cl)[C](=O)OC. The molecule has 0 heterocycles. The molecule has 75 valence electrons. The van der Waals surface area contributed by atoms with Gasteiger partial charge in [-0.25, -0.2) is 0 Å². The second kappa shape index (κ2) is 6.73. The van der Waals surface area contributed by atoms with Crippen molar-refractivity contribution in [2.45, 2.75) is 9.27 Å². The molecule has 0 N–H and O–H groups in total. The Morgan fingerprint density at radius 2 is 1.62 bits per heavy atom. The maximum absolute atomic E-state index is 11.1. The number of alkyl halides is 2. The molecule has 0 aliphatic carbocycles. The summed E-state index contributed by atoms with van der Waals surface area (Å²) in [5.41, 5.74) is 0. The van der Waals surface area contributed by atoms with Gasteiger partial charge in [0.25, 0.3) is 0 Å². The van der Waals surface area contributed by atoms with Gasteiger partial charge in [0, 0.05) is 0 Å². The quantitative estimate of drug-likeness (QED) is 0.583. The van der Waals surface area contributed by atoms with Crippen LogP contribution < -0.4 is 0 Å². The summed E-state index contributed by atoms with van der Waals surface area (Å²) in [6.45, 7) is 0. The summed E-state index contributed by atoms with van der Waals surface area (Å²) in [5.74, 6) is 0. The van der Waals surface area contributed by atoms with E-state index in [0.29, 0.717) is 0 Å². The predicted octanol–water partition coefficient (Wildman–Crippen LogP) is 1.98. The number of halogens is 2. The Labute approximate surface area is 93.2 Å². The van der Waals surface area contributed by atoms with E-state index in [4.69, 9.17) is 23.2 Å². The summed E-state index contributed by atoms with van der Waals surface area (Å²) < 4.78 is 8.12. The maximum atomic E-state index is 11.1. The number of rotatable bonds is 4. The Kier molecular flexibility index (Phi) is 6.89. The minimum absolute atomic E-state index is 0.185. The fraction of sp³-hybridized carbons (Fsp3) is 0.667. The monoisotopic (exact) mass is 335 g/mol. The molecule has 0 fully saturated rings. The van der Waals surface area contributed by atoms with E-state index in [2.05, 4.69) is 9.47 Å². The Hall–Kier alpha value is 0.319. The predicted molar refractivity (Wildman–Crippen MR) is 50.9 cm³/mol. The van der Waals surface area contributed by atoms with Crippen LogP contribution in [0.2, 0.25) is 4.44 Å². The molecule has 0 atom stereocenters. The van der Waals surface area contributed by atoms with Crippen LogP contribution in [0, 0.1) is 0 Å². The van der Waals surface area contributed by atoms with Crippen molar-refractivity contribution in [2.24, 2.45) is 0 Å². The van der Waals surface area contributed by atoms with Gasteiger partial charge in [0.1, 0.15) is 0 Å². The summed E-state index contributed by atoms with van der Waals surface area (Å²) >= 11 is 7.89. The molecule has 0 bridgehead atoms. The normalized spacial score (nSPS) is 10.3. The van der Waals surface area contributed by atoms with Crippen LogP contribution in [-0.4, -0.2) is 46.8 Å². The summed E-state index contributed by atoms with van der Waals surface area (Å²) in [6, 6.07) is 0.